The number of fused-ring (bicyclic) bond motifs is 1. The van der Waals surface area contributed by atoms with Crippen LogP contribution < -0.4 is 5.32 Å². The van der Waals surface area contributed by atoms with Crippen LogP contribution in [0.25, 0.3) is 0 Å². The molecule has 2 unspecified atom stereocenters. The number of hydrogen-bond acceptors (Lipinski definition) is 3. The van der Waals surface area contributed by atoms with Crippen molar-refractivity contribution >= 4 is 15.9 Å². The zero-order chi connectivity index (χ0) is 14.1. The van der Waals surface area contributed by atoms with E-state index in [-0.39, 0.29) is 12.1 Å². The lowest BCUT2D eigenvalue weighted by Gasteiger charge is -2.32. The van der Waals surface area contributed by atoms with Crippen LogP contribution in [0.1, 0.15) is 29.0 Å². The molecule has 1 aromatic carbocycles. The molecule has 0 saturated heterocycles. The number of nitrogens with zero attached hydrogens (tertiary/aromatic N) is 2. The Balaban J connectivity index is 2.03. The van der Waals surface area contributed by atoms with Crippen LogP contribution >= 0.6 is 15.9 Å². The van der Waals surface area contributed by atoms with Gasteiger partial charge in [0.1, 0.15) is 6.10 Å². The van der Waals surface area contributed by atoms with Gasteiger partial charge in [-0.2, -0.15) is 5.10 Å². The molecule has 1 aliphatic rings. The minimum absolute atomic E-state index is 0.0108. The third-order valence-electron chi connectivity index (χ3n) is 3.88. The molecule has 1 aliphatic heterocycles. The van der Waals surface area contributed by atoms with E-state index in [4.69, 9.17) is 4.74 Å². The van der Waals surface area contributed by atoms with Crippen molar-refractivity contribution in [2.75, 3.05) is 13.7 Å². The van der Waals surface area contributed by atoms with Crippen LogP contribution in [-0.4, -0.2) is 23.4 Å². The second-order valence-electron chi connectivity index (χ2n) is 5.01. The Labute approximate surface area is 127 Å². The summed E-state index contributed by atoms with van der Waals surface area (Å²) in [5.74, 6) is 0. The first-order chi connectivity index (χ1) is 9.72. The van der Waals surface area contributed by atoms with E-state index in [2.05, 4.69) is 50.6 Å². The molecule has 5 heteroatoms. The molecule has 20 heavy (non-hydrogen) atoms. The Morgan fingerprint density at radius 3 is 2.95 bits per heavy atom. The normalized spacial score (nSPS) is 19.6. The highest BCUT2D eigenvalue weighted by Crippen LogP contribution is 2.38. The summed E-state index contributed by atoms with van der Waals surface area (Å²) in [7, 11) is 3.92. The smallest absolute Gasteiger partial charge is 0.104 e. The van der Waals surface area contributed by atoms with E-state index in [0.717, 1.165) is 23.2 Å². The van der Waals surface area contributed by atoms with Crippen LogP contribution in [0.2, 0.25) is 0 Å². The van der Waals surface area contributed by atoms with E-state index in [0.29, 0.717) is 0 Å². The highest BCUT2D eigenvalue weighted by Gasteiger charge is 2.32. The van der Waals surface area contributed by atoms with Gasteiger partial charge in [-0.05, 0) is 40.5 Å². The van der Waals surface area contributed by atoms with Gasteiger partial charge in [-0.25, -0.2) is 0 Å². The lowest BCUT2D eigenvalue weighted by molar-refractivity contribution is 0.0145. The number of likely N-dealkylation sites (N-methyl/N-ethyl adjacent to an activating group) is 1. The van der Waals surface area contributed by atoms with Crippen molar-refractivity contribution in [3.8, 4) is 0 Å². The van der Waals surface area contributed by atoms with E-state index >= 15 is 0 Å². The predicted molar refractivity (Wildman–Crippen MR) is 81.5 cm³/mol. The van der Waals surface area contributed by atoms with Crippen LogP contribution in [0.3, 0.4) is 0 Å². The number of rotatable bonds is 3. The quantitative estimate of drug-likeness (QED) is 0.937. The van der Waals surface area contributed by atoms with Gasteiger partial charge in [0.05, 0.1) is 29.0 Å². The summed E-state index contributed by atoms with van der Waals surface area (Å²) >= 11 is 3.59. The Hall–Kier alpha value is -1.17. The van der Waals surface area contributed by atoms with Crippen LogP contribution in [0, 0.1) is 0 Å². The summed E-state index contributed by atoms with van der Waals surface area (Å²) in [5, 5.41) is 7.69. The molecule has 106 valence electrons. The molecule has 0 fully saturated rings. The van der Waals surface area contributed by atoms with Crippen molar-refractivity contribution < 1.29 is 4.74 Å². The molecule has 1 N–H and O–H groups in total. The molecule has 1 aromatic heterocycles. The molecule has 2 aromatic rings. The SMILES string of the molecule is CNC(c1c(Br)cnn1C)C1OCCc2ccccc21. The summed E-state index contributed by atoms with van der Waals surface area (Å²) < 4.78 is 8.97. The van der Waals surface area contributed by atoms with Gasteiger partial charge in [0, 0.05) is 7.05 Å². The van der Waals surface area contributed by atoms with Gasteiger partial charge in [0.15, 0.2) is 0 Å². The van der Waals surface area contributed by atoms with Crippen LogP contribution in [0.5, 0.6) is 0 Å². The maximum Gasteiger partial charge on any atom is 0.104 e. The minimum Gasteiger partial charge on any atom is -0.371 e. The van der Waals surface area contributed by atoms with E-state index in [1.165, 1.54) is 11.1 Å². The standard InChI is InChI=1S/C15H18BrN3O/c1-17-13(14-12(16)9-18-19(14)2)15-11-6-4-3-5-10(11)7-8-20-15/h3-6,9,13,15,17H,7-8H2,1-2H3. The second kappa shape index (κ2) is 5.68. The highest BCUT2D eigenvalue weighted by molar-refractivity contribution is 9.10. The van der Waals surface area contributed by atoms with Crippen molar-refractivity contribution in [1.29, 1.82) is 0 Å². The molecule has 0 spiro atoms. The number of aromatic nitrogens is 2. The second-order valence-corrected chi connectivity index (χ2v) is 5.86. The lowest BCUT2D eigenvalue weighted by atomic mass is 9.92. The Bertz CT molecular complexity index is 591. The molecule has 2 atom stereocenters. The zero-order valence-corrected chi connectivity index (χ0v) is 13.2. The molecule has 0 radical (unpaired) electrons. The molecular formula is C15H18BrN3O. The lowest BCUT2D eigenvalue weighted by Crippen LogP contribution is -2.31. The average molecular weight is 336 g/mol. The molecule has 3 rings (SSSR count). The molecular weight excluding hydrogens is 318 g/mol. The van der Waals surface area contributed by atoms with Crippen molar-refractivity contribution in [3.05, 3.63) is 51.8 Å². The first-order valence-corrected chi connectivity index (χ1v) is 7.55. The maximum atomic E-state index is 6.07. The van der Waals surface area contributed by atoms with Gasteiger partial charge in [-0.1, -0.05) is 24.3 Å². The Morgan fingerprint density at radius 2 is 2.25 bits per heavy atom. The number of benzene rings is 1. The fraction of sp³-hybridized carbons (Fsp3) is 0.400. The van der Waals surface area contributed by atoms with Crippen molar-refractivity contribution in [2.45, 2.75) is 18.6 Å². The van der Waals surface area contributed by atoms with Crippen LogP contribution in [0.4, 0.5) is 0 Å². The summed E-state index contributed by atoms with van der Waals surface area (Å²) in [5.41, 5.74) is 3.75. The first kappa shape index (κ1) is 13.8. The molecule has 0 bridgehead atoms. The number of ether oxygens (including phenoxy) is 1. The molecule has 0 amide bonds. The summed E-state index contributed by atoms with van der Waals surface area (Å²) in [4.78, 5) is 0. The largest absolute Gasteiger partial charge is 0.371 e. The molecule has 2 heterocycles. The summed E-state index contributed by atoms with van der Waals surface area (Å²) in [6, 6.07) is 8.59. The van der Waals surface area contributed by atoms with Gasteiger partial charge < -0.3 is 10.1 Å². The van der Waals surface area contributed by atoms with Gasteiger partial charge >= 0.3 is 0 Å². The van der Waals surface area contributed by atoms with Gasteiger partial charge in [0.25, 0.3) is 0 Å². The predicted octanol–water partition coefficient (Wildman–Crippen LogP) is 2.76. The maximum absolute atomic E-state index is 6.07. The van der Waals surface area contributed by atoms with Crippen LogP contribution in [-0.2, 0) is 18.2 Å². The monoisotopic (exact) mass is 335 g/mol. The van der Waals surface area contributed by atoms with E-state index in [1.54, 1.807) is 0 Å². The van der Waals surface area contributed by atoms with Crippen LogP contribution in [0.15, 0.2) is 34.9 Å². The third-order valence-corrected chi connectivity index (χ3v) is 4.49. The first-order valence-electron chi connectivity index (χ1n) is 6.76. The third kappa shape index (κ3) is 2.30. The summed E-state index contributed by atoms with van der Waals surface area (Å²) in [6.07, 6.45) is 2.82. The zero-order valence-electron chi connectivity index (χ0n) is 11.6. The average Bonchev–Trinajstić information content (AvgIpc) is 2.81. The number of nitrogens with one attached hydrogen (secondary N) is 1. The Kier molecular flexibility index (Phi) is 3.92. The van der Waals surface area contributed by atoms with E-state index in [1.807, 2.05) is 25.0 Å². The topological polar surface area (TPSA) is 39.1 Å². The Morgan fingerprint density at radius 1 is 1.45 bits per heavy atom. The molecule has 0 saturated carbocycles. The van der Waals surface area contributed by atoms with E-state index in [9.17, 15) is 0 Å². The number of hydrogen-bond donors (Lipinski definition) is 1. The molecule has 4 nitrogen and oxygen atoms in total. The van der Waals surface area contributed by atoms with Gasteiger partial charge in [0.2, 0.25) is 0 Å². The number of halogens is 1. The van der Waals surface area contributed by atoms with Crippen molar-refractivity contribution in [1.82, 2.24) is 15.1 Å². The minimum atomic E-state index is 0.0108. The summed E-state index contributed by atoms with van der Waals surface area (Å²) in [6.45, 7) is 0.759. The van der Waals surface area contributed by atoms with Gasteiger partial charge in [-0.15, -0.1) is 0 Å². The van der Waals surface area contributed by atoms with Crippen molar-refractivity contribution in [3.63, 3.8) is 0 Å². The fourth-order valence-electron chi connectivity index (χ4n) is 2.90. The van der Waals surface area contributed by atoms with Crippen molar-refractivity contribution in [2.24, 2.45) is 7.05 Å². The fourth-order valence-corrected chi connectivity index (χ4v) is 3.50. The van der Waals surface area contributed by atoms with Gasteiger partial charge in [-0.3, -0.25) is 4.68 Å². The number of aryl methyl sites for hydroxylation is 1. The highest BCUT2D eigenvalue weighted by atomic mass is 79.9. The van der Waals surface area contributed by atoms with E-state index < -0.39 is 0 Å². The molecule has 0 aliphatic carbocycles.